The maximum Gasteiger partial charge on any atom is -0.0290 e. The largest absolute Gasteiger partial charge is 0.659 e. The van der Waals surface area contributed by atoms with Gasteiger partial charge in [-0.25, -0.2) is 0 Å². The van der Waals surface area contributed by atoms with Crippen molar-refractivity contribution in [3.8, 4) is 0 Å². The molecule has 5 unspecified atom stereocenters. The van der Waals surface area contributed by atoms with Gasteiger partial charge >= 0.3 is 0 Å². The van der Waals surface area contributed by atoms with Gasteiger partial charge in [-0.3, -0.25) is 0 Å². The number of hydrogen-bond donors (Lipinski definition) is 0. The van der Waals surface area contributed by atoms with Crippen LogP contribution in [0.2, 0.25) is 0 Å². The molecule has 3 aliphatic rings. The molecule has 0 N–H and O–H groups in total. The van der Waals surface area contributed by atoms with Crippen molar-refractivity contribution in [1.82, 2.24) is 0 Å². The van der Waals surface area contributed by atoms with Gasteiger partial charge < -0.3 is 5.32 Å². The molecule has 0 spiro atoms. The molecule has 0 aromatic carbocycles. The standard InChI is InChI=1S/C16H28N/c1-10(2)12-8-15(3)7-11-6-14(15)13(12)9-16(11,4)17-5/h10-14H,6-9H2,1-5H3/q-1/t11?,12-,13?,14?,15?,16?/m0/s1. The normalized spacial score (nSPS) is 56.8. The molecule has 1 heteroatoms. The summed E-state index contributed by atoms with van der Waals surface area (Å²) in [5.41, 5.74) is 0.958. The maximum absolute atomic E-state index is 4.80. The van der Waals surface area contributed by atoms with Gasteiger partial charge in [-0.1, -0.05) is 40.0 Å². The predicted octanol–water partition coefficient (Wildman–Crippen LogP) is 4.48. The maximum atomic E-state index is 4.80. The fourth-order valence-corrected chi connectivity index (χ4v) is 5.72. The van der Waals surface area contributed by atoms with Crippen LogP contribution in [0.3, 0.4) is 0 Å². The lowest BCUT2D eigenvalue weighted by atomic mass is 9.65. The van der Waals surface area contributed by atoms with E-state index in [4.69, 9.17) is 5.32 Å². The molecule has 0 aliphatic heterocycles. The Hall–Kier alpha value is -0.0400. The molecule has 0 saturated heterocycles. The van der Waals surface area contributed by atoms with E-state index >= 15 is 0 Å². The second-order valence-corrected chi connectivity index (χ2v) is 7.96. The molecule has 0 aromatic rings. The molecule has 3 saturated carbocycles. The first-order valence-corrected chi connectivity index (χ1v) is 7.50. The van der Waals surface area contributed by atoms with Gasteiger partial charge in [0.25, 0.3) is 0 Å². The molecule has 0 aromatic heterocycles. The minimum absolute atomic E-state index is 0.298. The first kappa shape index (κ1) is 12.0. The van der Waals surface area contributed by atoms with Crippen molar-refractivity contribution in [2.75, 3.05) is 7.05 Å². The lowest BCUT2D eigenvalue weighted by Crippen LogP contribution is -2.41. The molecule has 2 bridgehead atoms. The van der Waals surface area contributed by atoms with Crippen molar-refractivity contribution >= 4 is 0 Å². The van der Waals surface area contributed by atoms with Crippen LogP contribution >= 0.6 is 0 Å². The Kier molecular flexibility index (Phi) is 2.47. The first-order chi connectivity index (χ1) is 7.89. The molecule has 1 nitrogen and oxygen atoms in total. The average Bonchev–Trinajstić information content (AvgIpc) is 2.69. The van der Waals surface area contributed by atoms with Crippen molar-refractivity contribution < 1.29 is 0 Å². The van der Waals surface area contributed by atoms with Crippen LogP contribution in [0.5, 0.6) is 0 Å². The minimum Gasteiger partial charge on any atom is -0.659 e. The molecule has 3 aliphatic carbocycles. The van der Waals surface area contributed by atoms with Crippen molar-refractivity contribution in [2.45, 2.75) is 58.9 Å². The van der Waals surface area contributed by atoms with E-state index in [9.17, 15) is 0 Å². The SMILES string of the molecule is C[N-]C1(C)CC2C3CC1CC3(C)C[C@H]2C(C)C. The Morgan fingerprint density at radius 1 is 1.12 bits per heavy atom. The lowest BCUT2D eigenvalue weighted by molar-refractivity contribution is 0.125. The van der Waals surface area contributed by atoms with Gasteiger partial charge in [0.15, 0.2) is 0 Å². The molecule has 17 heavy (non-hydrogen) atoms. The van der Waals surface area contributed by atoms with Crippen LogP contribution in [0.1, 0.15) is 53.4 Å². The van der Waals surface area contributed by atoms with Gasteiger partial charge in [-0.2, -0.15) is 7.05 Å². The van der Waals surface area contributed by atoms with Crippen LogP contribution in [-0.2, 0) is 0 Å². The van der Waals surface area contributed by atoms with Gasteiger partial charge in [0.2, 0.25) is 0 Å². The highest BCUT2D eigenvalue weighted by atomic mass is 15.0. The van der Waals surface area contributed by atoms with Crippen LogP contribution < -0.4 is 0 Å². The summed E-state index contributed by atoms with van der Waals surface area (Å²) >= 11 is 0. The van der Waals surface area contributed by atoms with E-state index in [1.165, 1.54) is 25.7 Å². The average molecular weight is 234 g/mol. The summed E-state index contributed by atoms with van der Waals surface area (Å²) < 4.78 is 0. The molecule has 0 radical (unpaired) electrons. The predicted molar refractivity (Wildman–Crippen MR) is 73.1 cm³/mol. The topological polar surface area (TPSA) is 14.1 Å². The van der Waals surface area contributed by atoms with E-state index in [0.717, 1.165) is 29.6 Å². The van der Waals surface area contributed by atoms with E-state index in [0.29, 0.717) is 11.0 Å². The summed E-state index contributed by atoms with van der Waals surface area (Å²) in [7, 11) is 2.05. The van der Waals surface area contributed by atoms with E-state index < -0.39 is 0 Å². The Labute approximate surface area is 107 Å². The fourth-order valence-electron chi connectivity index (χ4n) is 5.72. The number of nitrogens with zero attached hydrogens (tertiary/aromatic N) is 1. The van der Waals surface area contributed by atoms with Crippen molar-refractivity contribution in [3.05, 3.63) is 5.32 Å². The summed E-state index contributed by atoms with van der Waals surface area (Å²) in [6, 6.07) is 0. The second kappa shape index (κ2) is 3.50. The van der Waals surface area contributed by atoms with Crippen LogP contribution in [-0.4, -0.2) is 12.6 Å². The zero-order valence-corrected chi connectivity index (χ0v) is 12.2. The lowest BCUT2D eigenvalue weighted by Gasteiger charge is -2.54. The molecule has 0 heterocycles. The van der Waals surface area contributed by atoms with Crippen LogP contribution in [0.4, 0.5) is 0 Å². The molecule has 98 valence electrons. The third kappa shape index (κ3) is 1.47. The van der Waals surface area contributed by atoms with Gasteiger partial charge in [0, 0.05) is 0 Å². The molecule has 3 rings (SSSR count). The summed E-state index contributed by atoms with van der Waals surface area (Å²) in [5, 5.41) is 4.80. The zero-order chi connectivity index (χ0) is 12.4. The Morgan fingerprint density at radius 2 is 1.82 bits per heavy atom. The molecule has 0 amide bonds. The summed E-state index contributed by atoms with van der Waals surface area (Å²) in [4.78, 5) is 0. The van der Waals surface area contributed by atoms with Gasteiger partial charge in [-0.15, -0.1) is 5.54 Å². The smallest absolute Gasteiger partial charge is 0.0290 e. The number of hydrogen-bond acceptors (Lipinski definition) is 0. The highest BCUT2D eigenvalue weighted by molar-refractivity contribution is 5.19. The fraction of sp³-hybridized carbons (Fsp3) is 1.00. The Morgan fingerprint density at radius 3 is 2.41 bits per heavy atom. The Bertz CT molecular complexity index is 323. The summed E-state index contributed by atoms with van der Waals surface area (Å²) in [6.07, 6.45) is 5.79. The van der Waals surface area contributed by atoms with Crippen molar-refractivity contribution in [2.24, 2.45) is 35.0 Å². The minimum atomic E-state index is 0.298. The van der Waals surface area contributed by atoms with E-state index in [1.54, 1.807) is 0 Å². The van der Waals surface area contributed by atoms with Crippen LogP contribution in [0, 0.1) is 35.0 Å². The van der Waals surface area contributed by atoms with Crippen LogP contribution in [0.25, 0.3) is 5.32 Å². The highest BCUT2D eigenvalue weighted by Crippen LogP contribution is 2.69. The van der Waals surface area contributed by atoms with Crippen molar-refractivity contribution in [3.63, 3.8) is 0 Å². The van der Waals surface area contributed by atoms with Crippen LogP contribution in [0.15, 0.2) is 0 Å². The number of fused-ring (bicyclic) bond motifs is 1. The molecule has 6 atom stereocenters. The second-order valence-electron chi connectivity index (χ2n) is 7.96. The van der Waals surface area contributed by atoms with Gasteiger partial charge in [0.05, 0.1) is 0 Å². The summed E-state index contributed by atoms with van der Waals surface area (Å²) in [6.45, 7) is 9.87. The van der Waals surface area contributed by atoms with Gasteiger partial charge in [0.1, 0.15) is 0 Å². The van der Waals surface area contributed by atoms with Crippen molar-refractivity contribution in [1.29, 1.82) is 0 Å². The molecular formula is C16H28N-. The first-order valence-electron chi connectivity index (χ1n) is 7.50. The third-order valence-corrected chi connectivity index (χ3v) is 6.81. The van der Waals surface area contributed by atoms with E-state index in [1.807, 2.05) is 0 Å². The highest BCUT2D eigenvalue weighted by Gasteiger charge is 2.60. The third-order valence-electron chi connectivity index (χ3n) is 6.81. The molecular weight excluding hydrogens is 206 g/mol. The zero-order valence-electron chi connectivity index (χ0n) is 12.2. The van der Waals surface area contributed by atoms with E-state index in [2.05, 4.69) is 34.7 Å². The quantitative estimate of drug-likeness (QED) is 0.669. The Balaban J connectivity index is 1.95. The summed E-state index contributed by atoms with van der Waals surface area (Å²) in [5.74, 6) is 4.70. The number of rotatable bonds is 2. The van der Waals surface area contributed by atoms with E-state index in [-0.39, 0.29) is 0 Å². The molecule has 3 fully saturated rings. The monoisotopic (exact) mass is 234 g/mol. The van der Waals surface area contributed by atoms with Gasteiger partial charge in [-0.05, 0) is 48.3 Å².